The maximum atomic E-state index is 11.1. The predicted octanol–water partition coefficient (Wildman–Crippen LogP) is 5.80. The Morgan fingerprint density at radius 1 is 0.882 bits per heavy atom. The van der Waals surface area contributed by atoms with Crippen molar-refractivity contribution in [3.05, 3.63) is 118 Å². The van der Waals surface area contributed by atoms with E-state index in [4.69, 9.17) is 9.47 Å². The van der Waals surface area contributed by atoms with Gasteiger partial charge in [-0.3, -0.25) is 15.0 Å². The van der Waals surface area contributed by atoms with E-state index in [1.165, 1.54) is 17.2 Å². The fourth-order valence-electron chi connectivity index (χ4n) is 4.19. The van der Waals surface area contributed by atoms with Gasteiger partial charge in [0.1, 0.15) is 12.7 Å². The number of ether oxygens (including phenoxy) is 2. The number of piperidine rings is 1. The molecule has 4 rings (SSSR count). The molecule has 0 unspecified atom stereocenters. The van der Waals surface area contributed by atoms with Crippen molar-refractivity contribution < 1.29 is 14.4 Å². The lowest BCUT2D eigenvalue weighted by Gasteiger charge is -2.33. The molecule has 1 fully saturated rings. The molecule has 0 amide bonds. The summed E-state index contributed by atoms with van der Waals surface area (Å²) in [6, 6.07) is 27.3. The zero-order valence-electron chi connectivity index (χ0n) is 19.2. The fraction of sp³-hybridized carbons (Fsp3) is 0.286. The molecule has 1 heterocycles. The van der Waals surface area contributed by atoms with Crippen molar-refractivity contribution in [2.75, 3.05) is 26.2 Å². The Labute approximate surface area is 200 Å². The lowest BCUT2D eigenvalue weighted by molar-refractivity contribution is -0.385. The summed E-state index contributed by atoms with van der Waals surface area (Å²) < 4.78 is 12.2. The Hall–Kier alpha value is -3.48. The van der Waals surface area contributed by atoms with Gasteiger partial charge in [-0.25, -0.2) is 0 Å². The number of hydrogen-bond donors (Lipinski definition) is 0. The number of rotatable bonds is 10. The lowest BCUT2D eigenvalue weighted by Crippen LogP contribution is -2.37. The molecule has 0 saturated carbocycles. The van der Waals surface area contributed by atoms with E-state index in [0.29, 0.717) is 12.4 Å². The largest absolute Gasteiger partial charge is 0.483 e. The second-order valence-electron chi connectivity index (χ2n) is 8.34. The monoisotopic (exact) mass is 458 g/mol. The molecule has 1 aliphatic rings. The summed E-state index contributed by atoms with van der Waals surface area (Å²) in [4.78, 5) is 13.0. The van der Waals surface area contributed by atoms with E-state index in [9.17, 15) is 10.1 Å². The van der Waals surface area contributed by atoms with Gasteiger partial charge in [-0.2, -0.15) is 0 Å². The van der Waals surface area contributed by atoms with Crippen LogP contribution in [-0.2, 0) is 4.74 Å². The van der Waals surface area contributed by atoms with Gasteiger partial charge in [0.25, 0.3) is 0 Å². The zero-order chi connectivity index (χ0) is 23.6. The highest BCUT2D eigenvalue weighted by molar-refractivity contribution is 5.45. The maximum absolute atomic E-state index is 11.1. The molecular formula is C28H30N2O4. The number of nitrogens with zero attached hydrogens (tertiary/aromatic N) is 2. The molecule has 1 aliphatic heterocycles. The third-order valence-electron chi connectivity index (χ3n) is 6.00. The summed E-state index contributed by atoms with van der Waals surface area (Å²) in [5.74, 6) is 0.293. The highest BCUT2D eigenvalue weighted by atomic mass is 16.6. The van der Waals surface area contributed by atoms with Crippen LogP contribution in [0.3, 0.4) is 0 Å². The van der Waals surface area contributed by atoms with E-state index in [-0.39, 0.29) is 17.9 Å². The summed E-state index contributed by atoms with van der Waals surface area (Å²) in [5, 5.41) is 11.1. The van der Waals surface area contributed by atoms with Crippen molar-refractivity contribution in [3.8, 4) is 5.75 Å². The molecule has 1 saturated heterocycles. The van der Waals surface area contributed by atoms with Crippen molar-refractivity contribution in [2.24, 2.45) is 0 Å². The molecule has 3 aromatic carbocycles. The summed E-state index contributed by atoms with van der Waals surface area (Å²) in [7, 11) is 0. The molecule has 0 aliphatic carbocycles. The van der Waals surface area contributed by atoms with E-state index in [2.05, 4.69) is 59.5 Å². The van der Waals surface area contributed by atoms with E-state index in [1.54, 1.807) is 18.2 Å². The first-order chi connectivity index (χ1) is 16.7. The molecule has 0 bridgehead atoms. The minimum absolute atomic E-state index is 0.0118. The Bertz CT molecular complexity index is 1020. The second kappa shape index (κ2) is 12.1. The molecule has 0 aromatic heterocycles. The quantitative estimate of drug-likeness (QED) is 0.218. The average molecular weight is 459 g/mol. The minimum Gasteiger partial charge on any atom is -0.483 e. The van der Waals surface area contributed by atoms with Gasteiger partial charge in [0.05, 0.1) is 11.0 Å². The topological polar surface area (TPSA) is 64.8 Å². The maximum Gasteiger partial charge on any atom is 0.310 e. The summed E-state index contributed by atoms with van der Waals surface area (Å²) >= 11 is 0. The molecular weight excluding hydrogens is 428 g/mol. The first-order valence-electron chi connectivity index (χ1n) is 11.7. The van der Waals surface area contributed by atoms with Gasteiger partial charge in [0, 0.05) is 25.7 Å². The highest BCUT2D eigenvalue weighted by Gasteiger charge is 2.24. The standard InChI is InChI=1S/C28H30N2O4/c31-30(32)26-15-7-8-16-27(26)33-22-10-9-19-29-20-17-25(18-21-29)34-28(23-11-3-1-4-12-23)24-13-5-2-6-14-24/h1-16,25,28H,17-22H2. The minimum atomic E-state index is -0.425. The lowest BCUT2D eigenvalue weighted by atomic mass is 10.00. The van der Waals surface area contributed by atoms with E-state index in [0.717, 1.165) is 32.5 Å². The van der Waals surface area contributed by atoms with Crippen LogP contribution in [0.15, 0.2) is 97.1 Å². The van der Waals surface area contributed by atoms with E-state index in [1.807, 2.05) is 18.2 Å². The van der Waals surface area contributed by atoms with Crippen LogP contribution in [0.5, 0.6) is 5.75 Å². The first-order valence-corrected chi connectivity index (χ1v) is 11.7. The van der Waals surface area contributed by atoms with Gasteiger partial charge in [-0.15, -0.1) is 0 Å². The van der Waals surface area contributed by atoms with Crippen molar-refractivity contribution in [1.29, 1.82) is 0 Å². The fourth-order valence-corrected chi connectivity index (χ4v) is 4.19. The number of nitro benzene ring substituents is 1. The van der Waals surface area contributed by atoms with Crippen LogP contribution in [-0.4, -0.2) is 42.2 Å². The van der Waals surface area contributed by atoms with Crippen LogP contribution in [0.1, 0.15) is 30.1 Å². The normalized spacial score (nSPS) is 15.1. The number of benzene rings is 3. The molecule has 6 heteroatoms. The second-order valence-corrected chi connectivity index (χ2v) is 8.34. The van der Waals surface area contributed by atoms with Crippen LogP contribution >= 0.6 is 0 Å². The van der Waals surface area contributed by atoms with Gasteiger partial charge < -0.3 is 9.47 Å². The average Bonchev–Trinajstić information content (AvgIpc) is 2.89. The molecule has 0 spiro atoms. The first kappa shape index (κ1) is 23.7. The molecule has 0 N–H and O–H groups in total. The Kier molecular flexibility index (Phi) is 8.43. The van der Waals surface area contributed by atoms with Crippen LogP contribution in [0.25, 0.3) is 0 Å². The number of hydrogen-bond acceptors (Lipinski definition) is 5. The van der Waals surface area contributed by atoms with Crippen LogP contribution in [0.2, 0.25) is 0 Å². The summed E-state index contributed by atoms with van der Waals surface area (Å²) in [6.07, 6.45) is 6.10. The van der Waals surface area contributed by atoms with Crippen LogP contribution < -0.4 is 4.74 Å². The van der Waals surface area contributed by atoms with Gasteiger partial charge in [0.2, 0.25) is 0 Å². The smallest absolute Gasteiger partial charge is 0.310 e. The zero-order valence-corrected chi connectivity index (χ0v) is 19.2. The SMILES string of the molecule is O=[N+]([O-])c1ccccc1OCC=CCN1CCC(OC(c2ccccc2)c2ccccc2)CC1. The van der Waals surface area contributed by atoms with Crippen molar-refractivity contribution in [3.63, 3.8) is 0 Å². The molecule has 0 atom stereocenters. The van der Waals surface area contributed by atoms with Gasteiger partial charge in [-0.1, -0.05) is 84.9 Å². The molecule has 34 heavy (non-hydrogen) atoms. The Morgan fingerprint density at radius 2 is 1.47 bits per heavy atom. The summed E-state index contributed by atoms with van der Waals surface area (Å²) in [6.45, 7) is 3.07. The van der Waals surface area contributed by atoms with Crippen molar-refractivity contribution in [1.82, 2.24) is 4.90 Å². The van der Waals surface area contributed by atoms with E-state index >= 15 is 0 Å². The predicted molar refractivity (Wildman–Crippen MR) is 133 cm³/mol. The Morgan fingerprint density at radius 3 is 2.09 bits per heavy atom. The van der Waals surface area contributed by atoms with E-state index < -0.39 is 4.92 Å². The van der Waals surface area contributed by atoms with Gasteiger partial charge >= 0.3 is 5.69 Å². The molecule has 176 valence electrons. The Balaban J connectivity index is 1.24. The molecule has 6 nitrogen and oxygen atoms in total. The number of para-hydroxylation sites is 2. The van der Waals surface area contributed by atoms with Crippen LogP contribution in [0, 0.1) is 10.1 Å². The van der Waals surface area contributed by atoms with Gasteiger partial charge in [0.15, 0.2) is 5.75 Å². The number of likely N-dealkylation sites (tertiary alicyclic amines) is 1. The number of nitro groups is 1. The van der Waals surface area contributed by atoms with Crippen molar-refractivity contribution in [2.45, 2.75) is 25.0 Å². The van der Waals surface area contributed by atoms with Crippen molar-refractivity contribution >= 4 is 5.69 Å². The molecule has 3 aromatic rings. The summed E-state index contributed by atoms with van der Waals surface area (Å²) in [5.41, 5.74) is 2.35. The third kappa shape index (κ3) is 6.53. The highest BCUT2D eigenvalue weighted by Crippen LogP contribution is 2.30. The third-order valence-corrected chi connectivity index (χ3v) is 6.00. The van der Waals surface area contributed by atoms with Crippen LogP contribution in [0.4, 0.5) is 5.69 Å². The van der Waals surface area contributed by atoms with Gasteiger partial charge in [-0.05, 0) is 30.0 Å². The molecule has 0 radical (unpaired) electrons.